The highest BCUT2D eigenvalue weighted by molar-refractivity contribution is 6.06. The molecule has 0 spiro atoms. The van der Waals surface area contributed by atoms with Gasteiger partial charge in [0.1, 0.15) is 0 Å². The summed E-state index contributed by atoms with van der Waals surface area (Å²) in [4.78, 5) is 19.8. The number of aromatic nitrogens is 3. The largest absolute Gasteiger partial charge is 0.341 e. The number of piperidine rings is 1. The first-order valence-electron chi connectivity index (χ1n) is 9.52. The predicted molar refractivity (Wildman–Crippen MR) is 105 cm³/mol. The molecule has 1 atom stereocenters. The van der Waals surface area contributed by atoms with E-state index in [0.717, 1.165) is 42.1 Å². The summed E-state index contributed by atoms with van der Waals surface area (Å²) < 4.78 is 1.94. The molecule has 1 saturated heterocycles. The van der Waals surface area contributed by atoms with Gasteiger partial charge in [0, 0.05) is 19.3 Å². The number of hydrogen-bond donors (Lipinski definition) is 1. The van der Waals surface area contributed by atoms with E-state index in [9.17, 15) is 4.79 Å². The first kappa shape index (κ1) is 18.8. The third-order valence-corrected chi connectivity index (χ3v) is 5.08. The molecule has 142 valence electrons. The van der Waals surface area contributed by atoms with Crippen LogP contribution in [-0.2, 0) is 5.54 Å². The van der Waals surface area contributed by atoms with E-state index < -0.39 is 0 Å². The Hall–Kier alpha value is -1.95. The lowest BCUT2D eigenvalue weighted by Gasteiger charge is -2.28. The zero-order valence-corrected chi connectivity index (χ0v) is 16.9. The lowest BCUT2D eigenvalue weighted by molar-refractivity contribution is 0.0766. The molecule has 6 nitrogen and oxygen atoms in total. The minimum Gasteiger partial charge on any atom is -0.341 e. The summed E-state index contributed by atoms with van der Waals surface area (Å²) >= 11 is 0. The number of pyridine rings is 1. The van der Waals surface area contributed by atoms with E-state index in [4.69, 9.17) is 10.1 Å². The summed E-state index contributed by atoms with van der Waals surface area (Å²) in [5, 5.41) is 9.00. The number of carbonyl (C=O) groups excluding carboxylic acids is 1. The fourth-order valence-corrected chi connectivity index (χ4v) is 3.81. The Kier molecular flexibility index (Phi) is 5.06. The molecule has 6 heteroatoms. The van der Waals surface area contributed by atoms with Gasteiger partial charge in [-0.3, -0.25) is 4.79 Å². The average molecular weight is 358 g/mol. The van der Waals surface area contributed by atoms with Gasteiger partial charge < -0.3 is 10.2 Å². The number of rotatable bonds is 3. The van der Waals surface area contributed by atoms with Gasteiger partial charge in [0.15, 0.2) is 5.65 Å². The summed E-state index contributed by atoms with van der Waals surface area (Å²) in [6, 6.07) is 1.90. The van der Waals surface area contributed by atoms with Crippen molar-refractivity contribution in [2.45, 2.75) is 53.0 Å². The van der Waals surface area contributed by atoms with Crippen molar-refractivity contribution in [1.29, 1.82) is 0 Å². The number of nitrogens with one attached hydrogen (secondary N) is 1. The highest BCUT2D eigenvalue weighted by Gasteiger charge is 2.26. The Labute approximate surface area is 156 Å². The molecule has 26 heavy (non-hydrogen) atoms. The number of amides is 1. The molecule has 0 aliphatic carbocycles. The van der Waals surface area contributed by atoms with Crippen molar-refractivity contribution in [2.75, 3.05) is 26.7 Å². The minimum absolute atomic E-state index is 0.0580. The second-order valence-electron chi connectivity index (χ2n) is 8.58. The Morgan fingerprint density at radius 2 is 2.12 bits per heavy atom. The molecule has 1 N–H and O–H groups in total. The summed E-state index contributed by atoms with van der Waals surface area (Å²) in [7, 11) is 1.90. The van der Waals surface area contributed by atoms with E-state index in [0.29, 0.717) is 11.5 Å². The first-order valence-corrected chi connectivity index (χ1v) is 9.52. The number of hydrogen-bond acceptors (Lipinski definition) is 4. The molecule has 1 aliphatic heterocycles. The van der Waals surface area contributed by atoms with E-state index in [2.05, 4.69) is 26.1 Å². The maximum absolute atomic E-state index is 13.2. The molecule has 0 bridgehead atoms. The van der Waals surface area contributed by atoms with Crippen LogP contribution in [0.1, 0.15) is 55.4 Å². The SMILES string of the molecule is Cc1cc(C(=O)N(C)CC2CCCNC2)c2c(C)nn(C(C)(C)C)c2n1. The van der Waals surface area contributed by atoms with Crippen molar-refractivity contribution in [2.24, 2.45) is 5.92 Å². The fourth-order valence-electron chi connectivity index (χ4n) is 3.81. The zero-order valence-electron chi connectivity index (χ0n) is 16.9. The lowest BCUT2D eigenvalue weighted by Crippen LogP contribution is -2.39. The van der Waals surface area contributed by atoms with Crippen LogP contribution in [0.2, 0.25) is 0 Å². The highest BCUT2D eigenvalue weighted by Crippen LogP contribution is 2.27. The molecule has 2 aromatic heterocycles. The number of fused-ring (bicyclic) bond motifs is 1. The van der Waals surface area contributed by atoms with Crippen LogP contribution in [0, 0.1) is 19.8 Å². The number of aryl methyl sites for hydroxylation is 2. The van der Waals surface area contributed by atoms with Crippen LogP contribution in [0.25, 0.3) is 11.0 Å². The van der Waals surface area contributed by atoms with Crippen LogP contribution in [-0.4, -0.2) is 52.3 Å². The van der Waals surface area contributed by atoms with Gasteiger partial charge in [-0.2, -0.15) is 5.10 Å². The van der Waals surface area contributed by atoms with Crippen molar-refractivity contribution in [3.8, 4) is 0 Å². The fraction of sp³-hybridized carbons (Fsp3) is 0.650. The molecule has 1 aliphatic rings. The van der Waals surface area contributed by atoms with Gasteiger partial charge >= 0.3 is 0 Å². The molecule has 1 fully saturated rings. The third-order valence-electron chi connectivity index (χ3n) is 5.08. The lowest BCUT2D eigenvalue weighted by atomic mass is 9.98. The van der Waals surface area contributed by atoms with Gasteiger partial charge in [-0.1, -0.05) is 0 Å². The molecule has 0 aromatic carbocycles. The molecular formula is C20H31N5O. The van der Waals surface area contributed by atoms with Crippen molar-refractivity contribution >= 4 is 16.9 Å². The van der Waals surface area contributed by atoms with Crippen molar-refractivity contribution in [3.05, 3.63) is 23.0 Å². The van der Waals surface area contributed by atoms with E-state index in [-0.39, 0.29) is 11.4 Å². The van der Waals surface area contributed by atoms with Crippen LogP contribution in [0.5, 0.6) is 0 Å². The minimum atomic E-state index is -0.187. The van der Waals surface area contributed by atoms with Crippen molar-refractivity contribution in [1.82, 2.24) is 25.0 Å². The highest BCUT2D eigenvalue weighted by atomic mass is 16.2. The second kappa shape index (κ2) is 6.99. The topological polar surface area (TPSA) is 63.1 Å². The second-order valence-corrected chi connectivity index (χ2v) is 8.58. The van der Waals surface area contributed by atoms with Gasteiger partial charge in [0.25, 0.3) is 5.91 Å². The number of nitrogens with zero attached hydrogens (tertiary/aromatic N) is 4. The standard InChI is InChI=1S/C20H31N5O/c1-13-10-16(19(26)24(6)12-15-8-7-9-21-11-15)17-14(2)23-25(18(17)22-13)20(3,4)5/h10,15,21H,7-9,11-12H2,1-6H3. The van der Waals surface area contributed by atoms with Gasteiger partial charge in [0.2, 0.25) is 0 Å². The molecule has 0 radical (unpaired) electrons. The normalized spacial score (nSPS) is 18.3. The number of carbonyl (C=O) groups is 1. The molecule has 0 saturated carbocycles. The average Bonchev–Trinajstić information content (AvgIpc) is 2.91. The maximum Gasteiger partial charge on any atom is 0.254 e. The monoisotopic (exact) mass is 357 g/mol. The predicted octanol–water partition coefficient (Wildman–Crippen LogP) is 2.87. The summed E-state index contributed by atoms with van der Waals surface area (Å²) in [5.74, 6) is 0.581. The van der Waals surface area contributed by atoms with Gasteiger partial charge in [-0.05, 0) is 72.5 Å². The molecule has 1 amide bonds. The molecule has 3 rings (SSSR count). The van der Waals surface area contributed by atoms with Crippen molar-refractivity contribution < 1.29 is 4.79 Å². The smallest absolute Gasteiger partial charge is 0.254 e. The third kappa shape index (κ3) is 3.61. The zero-order chi connectivity index (χ0) is 19.1. The van der Waals surface area contributed by atoms with E-state index >= 15 is 0 Å². The van der Waals surface area contributed by atoms with Gasteiger partial charge in [0.05, 0.1) is 22.2 Å². The van der Waals surface area contributed by atoms with Crippen LogP contribution in [0.3, 0.4) is 0 Å². The van der Waals surface area contributed by atoms with Gasteiger partial charge in [-0.25, -0.2) is 9.67 Å². The molecular weight excluding hydrogens is 326 g/mol. The van der Waals surface area contributed by atoms with Crippen LogP contribution < -0.4 is 5.32 Å². The summed E-state index contributed by atoms with van der Waals surface area (Å²) in [6.45, 7) is 13.1. The summed E-state index contributed by atoms with van der Waals surface area (Å²) in [5.41, 5.74) is 3.03. The molecule has 3 heterocycles. The molecule has 2 aromatic rings. The Bertz CT molecular complexity index is 812. The quantitative estimate of drug-likeness (QED) is 0.917. The van der Waals surface area contributed by atoms with Crippen LogP contribution >= 0.6 is 0 Å². The Morgan fingerprint density at radius 3 is 2.73 bits per heavy atom. The van der Waals surface area contributed by atoms with Gasteiger partial charge in [-0.15, -0.1) is 0 Å². The maximum atomic E-state index is 13.2. The van der Waals surface area contributed by atoms with Crippen LogP contribution in [0.4, 0.5) is 0 Å². The van der Waals surface area contributed by atoms with E-state index in [1.54, 1.807) is 0 Å². The Balaban J connectivity index is 1.98. The van der Waals surface area contributed by atoms with Crippen molar-refractivity contribution in [3.63, 3.8) is 0 Å². The summed E-state index contributed by atoms with van der Waals surface area (Å²) in [6.07, 6.45) is 2.36. The van der Waals surface area contributed by atoms with Crippen LogP contribution in [0.15, 0.2) is 6.07 Å². The Morgan fingerprint density at radius 1 is 1.38 bits per heavy atom. The molecule has 1 unspecified atom stereocenters. The first-order chi connectivity index (χ1) is 12.2. The van der Waals surface area contributed by atoms with E-state index in [1.807, 2.05) is 36.5 Å². The van der Waals surface area contributed by atoms with E-state index in [1.165, 1.54) is 12.8 Å².